The van der Waals surface area contributed by atoms with Crippen molar-refractivity contribution in [1.29, 1.82) is 0 Å². The summed E-state index contributed by atoms with van der Waals surface area (Å²) in [6.45, 7) is 0. The third-order valence-electron chi connectivity index (χ3n) is 9.58. The molecule has 3 saturated carbocycles. The average Bonchev–Trinajstić information content (AvgIpc) is 3.25. The van der Waals surface area contributed by atoms with E-state index >= 15 is 0 Å². The summed E-state index contributed by atoms with van der Waals surface area (Å²) < 4.78 is 0. The Kier molecular flexibility index (Phi) is 11.5. The number of hydrogen-bond donors (Lipinski definition) is 0. The molecular formula is C34H45Cl2N2PRu. The first-order valence-corrected chi connectivity index (χ1v) is 21.4. The average molecular weight is 685 g/mol. The number of benzene rings is 2. The molecule has 1 aliphatic heterocycles. The molecule has 0 bridgehead atoms. The van der Waals surface area contributed by atoms with Crippen LogP contribution in [0.3, 0.4) is 0 Å². The third-order valence-corrected chi connectivity index (χ3v) is 13.5. The van der Waals surface area contributed by atoms with Crippen molar-refractivity contribution in [3.8, 4) is 0 Å². The minimum atomic E-state index is -0.346. The molecule has 1 unspecified atom stereocenters. The van der Waals surface area contributed by atoms with Gasteiger partial charge in [-0.05, 0) is 79.5 Å². The molecular weight excluding hydrogens is 639 g/mol. The van der Waals surface area contributed by atoms with E-state index in [-0.39, 0.29) is 23.1 Å². The molecule has 0 amide bonds. The molecule has 2 aromatic rings. The summed E-state index contributed by atoms with van der Waals surface area (Å²) >= 11 is -0.346. The first-order valence-electron chi connectivity index (χ1n) is 15.3. The summed E-state index contributed by atoms with van der Waals surface area (Å²) in [5.74, 6) is 1.47. The van der Waals surface area contributed by atoms with E-state index in [1.54, 1.807) is 11.1 Å². The van der Waals surface area contributed by atoms with Gasteiger partial charge in [0, 0.05) is 25.3 Å². The number of nitrogens with zero attached hydrogens (tertiary/aromatic N) is 2. The maximum atomic E-state index is 4.85. The summed E-state index contributed by atoms with van der Waals surface area (Å²) in [7, 11) is 14.3. The van der Waals surface area contributed by atoms with Gasteiger partial charge >= 0.3 is 34.5 Å². The molecule has 1 atom stereocenters. The molecule has 6 rings (SSSR count). The number of para-hydroxylation sites is 2. The number of rotatable bonds is 4. The van der Waals surface area contributed by atoms with Crippen molar-refractivity contribution in [1.82, 2.24) is 0 Å². The van der Waals surface area contributed by atoms with Gasteiger partial charge in [-0.25, -0.2) is 0 Å². The van der Waals surface area contributed by atoms with E-state index in [1.165, 1.54) is 106 Å². The van der Waals surface area contributed by atoms with E-state index in [0.717, 1.165) is 17.0 Å². The second kappa shape index (κ2) is 15.1. The van der Waals surface area contributed by atoms with Crippen molar-refractivity contribution in [2.75, 3.05) is 23.9 Å². The van der Waals surface area contributed by atoms with Crippen LogP contribution in [-0.4, -0.2) is 31.1 Å². The van der Waals surface area contributed by atoms with E-state index in [0.29, 0.717) is 0 Å². The van der Waals surface area contributed by atoms with Crippen LogP contribution in [0.5, 0.6) is 0 Å². The molecule has 3 fully saturated rings. The fourth-order valence-electron chi connectivity index (χ4n) is 7.88. The zero-order valence-corrected chi connectivity index (χ0v) is 28.3. The van der Waals surface area contributed by atoms with Crippen LogP contribution < -0.4 is 9.80 Å². The Morgan fingerprint density at radius 3 is 1.73 bits per heavy atom. The SMILES string of the molecule is CN1C(=C2C(=Cc3ccccc3)CCCC2P(C2CCCCC2)C2CCCCC2)N(C)c2ccccc21.[Cl][Ru][Cl]. The molecule has 0 radical (unpaired) electrons. The Hall–Kier alpha value is -0.847. The van der Waals surface area contributed by atoms with Gasteiger partial charge in [-0.2, -0.15) is 0 Å². The molecule has 0 aromatic heterocycles. The quantitative estimate of drug-likeness (QED) is 0.234. The molecule has 1 heterocycles. The Labute approximate surface area is 260 Å². The van der Waals surface area contributed by atoms with Gasteiger partial charge in [0.1, 0.15) is 5.82 Å². The molecule has 2 aromatic carbocycles. The number of allylic oxidation sites excluding steroid dienone is 2. The molecule has 218 valence electrons. The van der Waals surface area contributed by atoms with Crippen LogP contribution >= 0.6 is 27.3 Å². The molecule has 40 heavy (non-hydrogen) atoms. The van der Waals surface area contributed by atoms with Crippen LogP contribution in [-0.2, 0) is 15.1 Å². The van der Waals surface area contributed by atoms with Crippen LogP contribution in [0.4, 0.5) is 11.4 Å². The summed E-state index contributed by atoms with van der Waals surface area (Å²) in [5.41, 5.74) is 10.1. The summed E-state index contributed by atoms with van der Waals surface area (Å²) in [4.78, 5) is 5.05. The minimum absolute atomic E-state index is 0.0379. The van der Waals surface area contributed by atoms with Crippen molar-refractivity contribution in [2.45, 2.75) is 100 Å². The third kappa shape index (κ3) is 6.86. The summed E-state index contributed by atoms with van der Waals surface area (Å²) in [6, 6.07) is 20.1. The second-order valence-electron chi connectivity index (χ2n) is 11.9. The van der Waals surface area contributed by atoms with Crippen molar-refractivity contribution in [3.05, 3.63) is 77.1 Å². The maximum absolute atomic E-state index is 4.85. The van der Waals surface area contributed by atoms with E-state index in [2.05, 4.69) is 84.6 Å². The fourth-order valence-corrected chi connectivity index (χ4v) is 12.5. The first kappa shape index (κ1) is 30.6. The van der Waals surface area contributed by atoms with Gasteiger partial charge in [0.2, 0.25) is 0 Å². The number of anilines is 2. The van der Waals surface area contributed by atoms with Crippen molar-refractivity contribution in [2.24, 2.45) is 0 Å². The first-order chi connectivity index (χ1) is 19.6. The normalized spacial score (nSPS) is 23.5. The molecule has 0 saturated heterocycles. The van der Waals surface area contributed by atoms with Gasteiger partial charge in [-0.1, -0.05) is 95.0 Å². The topological polar surface area (TPSA) is 6.48 Å². The molecule has 6 heteroatoms. The van der Waals surface area contributed by atoms with Crippen LogP contribution in [0.1, 0.15) is 89.0 Å². The molecule has 0 N–H and O–H groups in total. The Balaban J connectivity index is 0.00000103. The number of hydrogen-bond acceptors (Lipinski definition) is 2. The fraction of sp³-hybridized carbons (Fsp3) is 0.529. The molecule has 4 aliphatic rings. The predicted octanol–water partition coefficient (Wildman–Crippen LogP) is 10.9. The van der Waals surface area contributed by atoms with Gasteiger partial charge < -0.3 is 9.80 Å². The summed E-state index contributed by atoms with van der Waals surface area (Å²) in [5, 5.41) is 0. The van der Waals surface area contributed by atoms with Crippen LogP contribution in [0.15, 0.2) is 71.6 Å². The Bertz CT molecular complexity index is 1110. The van der Waals surface area contributed by atoms with Crippen molar-refractivity contribution >= 4 is 44.8 Å². The monoisotopic (exact) mass is 684 g/mol. The van der Waals surface area contributed by atoms with Gasteiger partial charge in [-0.3, -0.25) is 0 Å². The molecule has 2 nitrogen and oxygen atoms in total. The predicted molar refractivity (Wildman–Crippen MR) is 175 cm³/mol. The standard InChI is InChI=1S/C34H45N2P.2ClH.Ru/c1-35-30-22-12-13-23-31(30)36(2)34(35)33-27(25-26-15-6-3-7-16-26)17-14-24-32(33)37(28-18-8-4-9-19-28)29-20-10-5-11-21-29;;;/h3,6-7,12-13,15-16,22-23,25,28-29,32H,4-5,8-11,14,17-21,24H2,1-2H3;2*1H;/q;;;+2/p-2. The zero-order chi connectivity index (χ0) is 27.9. The van der Waals surface area contributed by atoms with E-state index in [4.69, 9.17) is 19.4 Å². The van der Waals surface area contributed by atoms with E-state index < -0.39 is 0 Å². The van der Waals surface area contributed by atoms with Crippen molar-refractivity contribution < 1.29 is 15.1 Å². The second-order valence-corrected chi connectivity index (χ2v) is 17.5. The van der Waals surface area contributed by atoms with E-state index in [9.17, 15) is 0 Å². The Morgan fingerprint density at radius 1 is 0.700 bits per heavy atom. The zero-order valence-electron chi connectivity index (χ0n) is 24.1. The molecule has 0 spiro atoms. The van der Waals surface area contributed by atoms with Gasteiger partial charge in [0.15, 0.2) is 0 Å². The summed E-state index contributed by atoms with van der Waals surface area (Å²) in [6.07, 6.45) is 21.2. The van der Waals surface area contributed by atoms with Crippen molar-refractivity contribution in [3.63, 3.8) is 0 Å². The Morgan fingerprint density at radius 2 is 1.20 bits per heavy atom. The number of fused-ring (bicyclic) bond motifs is 1. The molecule has 3 aliphatic carbocycles. The number of halogens is 2. The van der Waals surface area contributed by atoms with Crippen LogP contribution in [0.25, 0.3) is 6.08 Å². The van der Waals surface area contributed by atoms with Gasteiger partial charge in [-0.15, -0.1) is 0 Å². The van der Waals surface area contributed by atoms with Gasteiger partial charge in [0.25, 0.3) is 0 Å². The van der Waals surface area contributed by atoms with Gasteiger partial charge in [0.05, 0.1) is 11.4 Å². The van der Waals surface area contributed by atoms with E-state index in [1.807, 2.05) is 0 Å². The van der Waals surface area contributed by atoms with Crippen LogP contribution in [0.2, 0.25) is 0 Å². The van der Waals surface area contributed by atoms with Crippen LogP contribution in [0, 0.1) is 0 Å².